The molecule has 0 bridgehead atoms. The summed E-state index contributed by atoms with van der Waals surface area (Å²) in [5.74, 6) is 4.68. The number of rotatable bonds is 1. The fraction of sp³-hybridized carbons (Fsp3) is 0.952. The van der Waals surface area contributed by atoms with Crippen LogP contribution in [0, 0.1) is 40.4 Å². The molecule has 0 heterocycles. The maximum Gasteiger partial charge on any atom is 0.132 e. The van der Waals surface area contributed by atoms with E-state index in [0.29, 0.717) is 22.5 Å². The fourth-order valence-electron chi connectivity index (χ4n) is 7.62. The summed E-state index contributed by atoms with van der Waals surface area (Å²) >= 11 is 0. The van der Waals surface area contributed by atoms with Gasteiger partial charge in [-0.25, -0.2) is 0 Å². The third kappa shape index (κ3) is 2.06. The van der Waals surface area contributed by atoms with Gasteiger partial charge in [-0.15, -0.1) is 0 Å². The highest BCUT2D eigenvalue weighted by molar-refractivity contribution is 5.78. The number of fused-ring (bicyclic) bond motifs is 5. The Labute approximate surface area is 136 Å². The average Bonchev–Trinajstić information content (AvgIpc) is 2.88. The van der Waals surface area contributed by atoms with Crippen LogP contribution in [-0.2, 0) is 4.79 Å². The molecule has 124 valence electrons. The molecule has 4 rings (SSSR count). The van der Waals surface area contributed by atoms with Gasteiger partial charge in [0, 0.05) is 5.92 Å². The molecule has 4 fully saturated rings. The molecular weight excluding hydrogens is 268 g/mol. The number of carbonyl (C=O) groups is 1. The second-order valence-corrected chi connectivity index (χ2v) is 9.82. The van der Waals surface area contributed by atoms with E-state index < -0.39 is 0 Å². The van der Waals surface area contributed by atoms with Gasteiger partial charge in [0.15, 0.2) is 0 Å². The average molecular weight is 303 g/mol. The van der Waals surface area contributed by atoms with Gasteiger partial charge in [-0.2, -0.15) is 0 Å². The smallest absolute Gasteiger partial charge is 0.132 e. The zero-order valence-electron chi connectivity index (χ0n) is 14.9. The van der Waals surface area contributed by atoms with Crippen molar-refractivity contribution in [1.29, 1.82) is 0 Å². The Morgan fingerprint density at radius 2 is 1.73 bits per heavy atom. The first kappa shape index (κ1) is 15.2. The topological polar surface area (TPSA) is 17.1 Å². The van der Waals surface area contributed by atoms with Crippen LogP contribution in [0.5, 0.6) is 0 Å². The van der Waals surface area contributed by atoms with Crippen LogP contribution in [0.1, 0.15) is 85.0 Å². The van der Waals surface area contributed by atoms with Crippen molar-refractivity contribution in [2.45, 2.75) is 85.0 Å². The van der Waals surface area contributed by atoms with Crippen LogP contribution in [-0.4, -0.2) is 5.78 Å². The molecule has 7 atom stereocenters. The number of Topliss-reactive ketones (excluding diaryl/α,β-unsaturated/α-hetero) is 1. The van der Waals surface area contributed by atoms with Gasteiger partial charge in [-0.3, -0.25) is 4.79 Å². The van der Waals surface area contributed by atoms with Crippen LogP contribution in [0.4, 0.5) is 0 Å². The highest BCUT2D eigenvalue weighted by atomic mass is 16.1. The lowest BCUT2D eigenvalue weighted by Gasteiger charge is -2.60. The monoisotopic (exact) mass is 302 g/mol. The molecule has 0 N–H and O–H groups in total. The first-order valence-corrected chi connectivity index (χ1v) is 9.94. The minimum Gasteiger partial charge on any atom is -0.300 e. The van der Waals surface area contributed by atoms with E-state index in [4.69, 9.17) is 0 Å². The number of carbonyl (C=O) groups excluding carboxylic acids is 1. The molecular formula is C21H34O. The van der Waals surface area contributed by atoms with Gasteiger partial charge < -0.3 is 0 Å². The first-order chi connectivity index (χ1) is 10.4. The van der Waals surface area contributed by atoms with E-state index in [0.717, 1.165) is 23.7 Å². The zero-order valence-corrected chi connectivity index (χ0v) is 14.9. The lowest BCUT2D eigenvalue weighted by molar-refractivity contribution is -0.133. The number of hydrogen-bond acceptors (Lipinski definition) is 1. The van der Waals surface area contributed by atoms with Crippen molar-refractivity contribution in [2.24, 2.45) is 40.4 Å². The van der Waals surface area contributed by atoms with Gasteiger partial charge >= 0.3 is 0 Å². The van der Waals surface area contributed by atoms with Crippen LogP contribution in [0.25, 0.3) is 0 Å². The van der Waals surface area contributed by atoms with Crippen LogP contribution < -0.4 is 0 Å². The third-order valence-corrected chi connectivity index (χ3v) is 9.02. The lowest BCUT2D eigenvalue weighted by atomic mass is 9.44. The van der Waals surface area contributed by atoms with Gasteiger partial charge in [0.25, 0.3) is 0 Å². The standard InChI is InChI=1S/C21H34O/c1-14(22)15-8-12-21(3)16(13-15)6-7-17-18-5-4-10-20(18,2)11-9-19(17)21/h15-19H,4-13H2,1-3H3/t15-,16-,17+,18-,19+,20-,21+/m1/s1. The summed E-state index contributed by atoms with van der Waals surface area (Å²) < 4.78 is 0. The molecule has 0 spiro atoms. The summed E-state index contributed by atoms with van der Waals surface area (Å²) in [6, 6.07) is 0. The molecule has 1 heteroatoms. The minimum atomic E-state index is 0.384. The van der Waals surface area contributed by atoms with E-state index in [9.17, 15) is 4.79 Å². The van der Waals surface area contributed by atoms with E-state index in [-0.39, 0.29) is 0 Å². The van der Waals surface area contributed by atoms with Gasteiger partial charge in [-0.1, -0.05) is 20.3 Å². The summed E-state index contributed by atoms with van der Waals surface area (Å²) in [7, 11) is 0. The summed E-state index contributed by atoms with van der Waals surface area (Å²) in [6.07, 6.45) is 14.0. The lowest BCUT2D eigenvalue weighted by Crippen LogP contribution is -2.53. The van der Waals surface area contributed by atoms with Crippen molar-refractivity contribution in [3.8, 4) is 0 Å². The van der Waals surface area contributed by atoms with E-state index in [2.05, 4.69) is 13.8 Å². The summed E-state index contributed by atoms with van der Waals surface area (Å²) in [6.45, 7) is 7.04. The largest absolute Gasteiger partial charge is 0.300 e. The van der Waals surface area contributed by atoms with E-state index in [1.165, 1.54) is 64.2 Å². The fourth-order valence-corrected chi connectivity index (χ4v) is 7.62. The third-order valence-electron chi connectivity index (χ3n) is 9.02. The van der Waals surface area contributed by atoms with Gasteiger partial charge in [0.1, 0.15) is 5.78 Å². The van der Waals surface area contributed by atoms with Crippen molar-refractivity contribution in [3.63, 3.8) is 0 Å². The Bertz CT molecular complexity index is 469. The molecule has 22 heavy (non-hydrogen) atoms. The Hall–Kier alpha value is -0.330. The van der Waals surface area contributed by atoms with E-state index >= 15 is 0 Å². The van der Waals surface area contributed by atoms with Crippen LogP contribution in [0.15, 0.2) is 0 Å². The van der Waals surface area contributed by atoms with Crippen molar-refractivity contribution in [3.05, 3.63) is 0 Å². The Kier molecular flexibility index (Phi) is 3.51. The van der Waals surface area contributed by atoms with E-state index in [1.807, 2.05) is 6.92 Å². The maximum absolute atomic E-state index is 11.9. The maximum atomic E-state index is 11.9. The molecule has 4 aliphatic rings. The number of ketones is 1. The highest BCUT2D eigenvalue weighted by Gasteiger charge is 2.57. The Morgan fingerprint density at radius 1 is 0.909 bits per heavy atom. The van der Waals surface area contributed by atoms with Crippen LogP contribution in [0.3, 0.4) is 0 Å². The summed E-state index contributed by atoms with van der Waals surface area (Å²) in [5, 5.41) is 0. The SMILES string of the molecule is CC(=O)[C@@H]1CC[C@@]2(C)[C@H](CC[C@H]3[C@H]4CCC[C@]4(C)CC[C@@H]32)C1. The van der Waals surface area contributed by atoms with Gasteiger partial charge in [-0.05, 0) is 99.2 Å². The predicted molar refractivity (Wildman–Crippen MR) is 90.5 cm³/mol. The molecule has 0 aromatic heterocycles. The summed E-state index contributed by atoms with van der Waals surface area (Å²) in [5.41, 5.74) is 1.24. The Balaban J connectivity index is 1.58. The quantitative estimate of drug-likeness (QED) is 0.614. The second kappa shape index (κ2) is 5.08. The van der Waals surface area contributed by atoms with E-state index in [1.54, 1.807) is 0 Å². The zero-order chi connectivity index (χ0) is 15.5. The van der Waals surface area contributed by atoms with Crippen molar-refractivity contribution >= 4 is 5.78 Å². The normalized spacial score (nSPS) is 54.2. The first-order valence-electron chi connectivity index (χ1n) is 9.94. The van der Waals surface area contributed by atoms with Gasteiger partial charge in [0.05, 0.1) is 0 Å². The van der Waals surface area contributed by atoms with Crippen LogP contribution in [0.2, 0.25) is 0 Å². The molecule has 0 radical (unpaired) electrons. The molecule has 0 aromatic rings. The predicted octanol–water partition coefficient (Wildman–Crippen LogP) is 5.62. The van der Waals surface area contributed by atoms with Crippen molar-refractivity contribution in [1.82, 2.24) is 0 Å². The second-order valence-electron chi connectivity index (χ2n) is 9.82. The molecule has 4 saturated carbocycles. The molecule has 4 aliphatic carbocycles. The highest BCUT2D eigenvalue weighted by Crippen LogP contribution is 2.66. The number of hydrogen-bond donors (Lipinski definition) is 0. The molecule has 0 amide bonds. The Morgan fingerprint density at radius 3 is 2.50 bits per heavy atom. The molecule has 0 aromatic carbocycles. The van der Waals surface area contributed by atoms with Crippen molar-refractivity contribution in [2.75, 3.05) is 0 Å². The summed E-state index contributed by atoms with van der Waals surface area (Å²) in [4.78, 5) is 11.9. The molecule has 0 unspecified atom stereocenters. The van der Waals surface area contributed by atoms with Crippen molar-refractivity contribution < 1.29 is 4.79 Å². The molecule has 0 aliphatic heterocycles. The molecule has 0 saturated heterocycles. The minimum absolute atomic E-state index is 0.384. The van der Waals surface area contributed by atoms with Crippen LogP contribution >= 0.6 is 0 Å². The molecule has 1 nitrogen and oxygen atoms in total. The van der Waals surface area contributed by atoms with Gasteiger partial charge in [0.2, 0.25) is 0 Å².